The van der Waals surface area contributed by atoms with Crippen molar-refractivity contribution in [3.63, 3.8) is 0 Å². The summed E-state index contributed by atoms with van der Waals surface area (Å²) in [4.78, 5) is 14.0. The van der Waals surface area contributed by atoms with Crippen LogP contribution in [0.1, 0.15) is 5.56 Å². The Hall–Kier alpha value is -1.85. The van der Waals surface area contributed by atoms with Gasteiger partial charge in [-0.3, -0.25) is 9.69 Å². The molecule has 1 N–H and O–H groups in total. The number of likely N-dealkylation sites (N-methyl/N-ethyl adjacent to an activating group) is 1. The summed E-state index contributed by atoms with van der Waals surface area (Å²) in [6, 6.07) is 15.3. The van der Waals surface area contributed by atoms with E-state index in [0.29, 0.717) is 13.1 Å². The van der Waals surface area contributed by atoms with Crippen LogP contribution in [-0.4, -0.2) is 31.5 Å². The van der Waals surface area contributed by atoms with E-state index in [1.807, 2.05) is 60.5 Å². The number of carbonyl (C=O) groups excluding carboxylic acids is 1. The highest BCUT2D eigenvalue weighted by atomic mass is 79.9. The summed E-state index contributed by atoms with van der Waals surface area (Å²) in [6.45, 7) is 0.940. The summed E-state index contributed by atoms with van der Waals surface area (Å²) >= 11 is 3.46. The highest BCUT2D eigenvalue weighted by Gasteiger charge is 2.11. The van der Waals surface area contributed by atoms with Crippen molar-refractivity contribution in [2.75, 3.05) is 26.0 Å². The van der Waals surface area contributed by atoms with Gasteiger partial charge < -0.3 is 10.1 Å². The number of nitrogens with zero attached hydrogens (tertiary/aromatic N) is 1. The lowest BCUT2D eigenvalue weighted by molar-refractivity contribution is -0.117. The maximum Gasteiger partial charge on any atom is 0.238 e. The van der Waals surface area contributed by atoms with Crippen molar-refractivity contribution >= 4 is 27.5 Å². The Morgan fingerprint density at radius 3 is 2.64 bits per heavy atom. The number of methoxy groups -OCH3 is 1. The van der Waals surface area contributed by atoms with Crippen LogP contribution in [0.15, 0.2) is 53.0 Å². The molecule has 0 aliphatic carbocycles. The van der Waals surface area contributed by atoms with E-state index in [1.165, 1.54) is 0 Å². The summed E-state index contributed by atoms with van der Waals surface area (Å²) in [5.74, 6) is 0.779. The smallest absolute Gasteiger partial charge is 0.238 e. The number of nitrogens with one attached hydrogen (secondary N) is 1. The number of para-hydroxylation sites is 1. The molecule has 116 valence electrons. The average molecular weight is 363 g/mol. The Bertz CT molecular complexity index is 632. The van der Waals surface area contributed by atoms with Gasteiger partial charge in [-0.25, -0.2) is 0 Å². The van der Waals surface area contributed by atoms with Crippen molar-refractivity contribution in [3.05, 3.63) is 58.6 Å². The van der Waals surface area contributed by atoms with E-state index in [-0.39, 0.29) is 5.91 Å². The third-order valence-corrected chi connectivity index (χ3v) is 3.65. The Balaban J connectivity index is 1.94. The number of halogens is 1. The number of amides is 1. The highest BCUT2D eigenvalue weighted by Crippen LogP contribution is 2.24. The van der Waals surface area contributed by atoms with Crippen LogP contribution in [0.4, 0.5) is 5.69 Å². The van der Waals surface area contributed by atoms with Gasteiger partial charge in [-0.15, -0.1) is 0 Å². The normalized spacial score (nSPS) is 10.5. The third kappa shape index (κ3) is 4.86. The van der Waals surface area contributed by atoms with Gasteiger partial charge in [0.05, 0.1) is 13.7 Å². The third-order valence-electron chi connectivity index (χ3n) is 3.15. The number of hydrogen-bond acceptors (Lipinski definition) is 3. The minimum absolute atomic E-state index is 0.0392. The molecule has 0 saturated heterocycles. The van der Waals surface area contributed by atoms with Crippen molar-refractivity contribution in [1.82, 2.24) is 4.90 Å². The Morgan fingerprint density at radius 2 is 1.95 bits per heavy atom. The van der Waals surface area contributed by atoms with Gasteiger partial charge in [-0.2, -0.15) is 0 Å². The fourth-order valence-corrected chi connectivity index (χ4v) is 2.59. The van der Waals surface area contributed by atoms with Crippen LogP contribution < -0.4 is 10.1 Å². The fraction of sp³-hybridized carbons (Fsp3) is 0.235. The molecular formula is C17H19BrN2O2. The molecule has 0 aliphatic rings. The number of anilines is 1. The molecule has 0 unspecified atom stereocenters. The van der Waals surface area contributed by atoms with Crippen molar-refractivity contribution in [3.8, 4) is 5.75 Å². The number of benzene rings is 2. The Labute approximate surface area is 139 Å². The van der Waals surface area contributed by atoms with Crippen LogP contribution in [0.3, 0.4) is 0 Å². The van der Waals surface area contributed by atoms with Gasteiger partial charge in [0.15, 0.2) is 0 Å². The number of carbonyl (C=O) groups is 1. The van der Waals surface area contributed by atoms with E-state index < -0.39 is 0 Å². The van der Waals surface area contributed by atoms with Gasteiger partial charge in [0.25, 0.3) is 0 Å². The SMILES string of the molecule is COc1ccc(Br)cc1CN(C)CC(=O)Nc1ccccc1. The van der Waals surface area contributed by atoms with Crippen LogP contribution in [0.25, 0.3) is 0 Å². The topological polar surface area (TPSA) is 41.6 Å². The molecule has 0 heterocycles. The molecule has 22 heavy (non-hydrogen) atoms. The molecule has 0 fully saturated rings. The molecule has 0 saturated carbocycles. The predicted octanol–water partition coefficient (Wildman–Crippen LogP) is 3.53. The maximum absolute atomic E-state index is 12.0. The lowest BCUT2D eigenvalue weighted by atomic mass is 10.2. The molecule has 0 atom stereocenters. The zero-order valence-electron chi connectivity index (χ0n) is 12.7. The first-order chi connectivity index (χ1) is 10.6. The predicted molar refractivity (Wildman–Crippen MR) is 92.1 cm³/mol. The summed E-state index contributed by atoms with van der Waals surface area (Å²) in [5, 5.41) is 2.88. The summed E-state index contributed by atoms with van der Waals surface area (Å²) < 4.78 is 6.34. The quantitative estimate of drug-likeness (QED) is 0.854. The van der Waals surface area contributed by atoms with E-state index in [9.17, 15) is 4.79 Å². The molecule has 2 aromatic carbocycles. The number of rotatable bonds is 6. The second-order valence-corrected chi connectivity index (χ2v) is 5.96. The maximum atomic E-state index is 12.0. The second kappa shape index (κ2) is 7.96. The molecule has 2 aromatic rings. The fourth-order valence-electron chi connectivity index (χ4n) is 2.18. The first kappa shape index (κ1) is 16.5. The van der Waals surface area contributed by atoms with E-state index in [1.54, 1.807) is 7.11 Å². The summed E-state index contributed by atoms with van der Waals surface area (Å²) in [7, 11) is 3.56. The second-order valence-electron chi connectivity index (χ2n) is 5.04. The van der Waals surface area contributed by atoms with E-state index in [0.717, 1.165) is 21.5 Å². The molecule has 5 heteroatoms. The van der Waals surface area contributed by atoms with Crippen LogP contribution in [0.2, 0.25) is 0 Å². The molecule has 1 amide bonds. The van der Waals surface area contributed by atoms with Crippen molar-refractivity contribution in [1.29, 1.82) is 0 Å². The van der Waals surface area contributed by atoms with Crippen molar-refractivity contribution < 1.29 is 9.53 Å². The summed E-state index contributed by atoms with van der Waals surface area (Å²) in [5.41, 5.74) is 1.84. The van der Waals surface area contributed by atoms with Crippen LogP contribution >= 0.6 is 15.9 Å². The van der Waals surface area contributed by atoms with Gasteiger partial charge in [-0.1, -0.05) is 34.1 Å². The number of hydrogen-bond donors (Lipinski definition) is 1. The zero-order chi connectivity index (χ0) is 15.9. The standard InChI is InChI=1S/C17H19BrN2O2/c1-20(11-13-10-14(18)8-9-16(13)22-2)12-17(21)19-15-6-4-3-5-7-15/h3-10H,11-12H2,1-2H3,(H,19,21). The molecule has 0 aliphatic heterocycles. The molecule has 2 rings (SSSR count). The van der Waals surface area contributed by atoms with E-state index in [4.69, 9.17) is 4.74 Å². The Morgan fingerprint density at radius 1 is 1.23 bits per heavy atom. The van der Waals surface area contributed by atoms with Crippen molar-refractivity contribution in [2.45, 2.75) is 6.54 Å². The number of ether oxygens (including phenoxy) is 1. The van der Waals surface area contributed by atoms with Crippen LogP contribution in [-0.2, 0) is 11.3 Å². The molecule has 0 radical (unpaired) electrons. The van der Waals surface area contributed by atoms with Crippen LogP contribution in [0.5, 0.6) is 5.75 Å². The monoisotopic (exact) mass is 362 g/mol. The minimum Gasteiger partial charge on any atom is -0.496 e. The molecule has 4 nitrogen and oxygen atoms in total. The lowest BCUT2D eigenvalue weighted by Gasteiger charge is -2.18. The minimum atomic E-state index is -0.0392. The Kier molecular flexibility index (Phi) is 5.98. The lowest BCUT2D eigenvalue weighted by Crippen LogP contribution is -2.29. The van der Waals surface area contributed by atoms with Crippen molar-refractivity contribution in [2.24, 2.45) is 0 Å². The molecule has 0 bridgehead atoms. The molecular weight excluding hydrogens is 344 g/mol. The van der Waals surface area contributed by atoms with Crippen LogP contribution in [0, 0.1) is 0 Å². The van der Waals surface area contributed by atoms with E-state index >= 15 is 0 Å². The first-order valence-electron chi connectivity index (χ1n) is 6.94. The molecule has 0 aromatic heterocycles. The highest BCUT2D eigenvalue weighted by molar-refractivity contribution is 9.10. The van der Waals surface area contributed by atoms with Gasteiger partial charge >= 0.3 is 0 Å². The van der Waals surface area contributed by atoms with E-state index in [2.05, 4.69) is 21.2 Å². The average Bonchev–Trinajstić information content (AvgIpc) is 2.48. The first-order valence-corrected chi connectivity index (χ1v) is 7.73. The van der Waals surface area contributed by atoms with Gasteiger partial charge in [-0.05, 0) is 37.4 Å². The largest absolute Gasteiger partial charge is 0.496 e. The van der Waals surface area contributed by atoms with Gasteiger partial charge in [0.1, 0.15) is 5.75 Å². The van der Waals surface area contributed by atoms with Gasteiger partial charge in [0.2, 0.25) is 5.91 Å². The zero-order valence-corrected chi connectivity index (χ0v) is 14.3. The molecule has 0 spiro atoms. The summed E-state index contributed by atoms with van der Waals surface area (Å²) in [6.07, 6.45) is 0. The van der Waals surface area contributed by atoms with Gasteiger partial charge in [0, 0.05) is 22.3 Å².